The van der Waals surface area contributed by atoms with Crippen LogP contribution in [0, 0.1) is 0 Å². The summed E-state index contributed by atoms with van der Waals surface area (Å²) < 4.78 is 0. The molecule has 0 aliphatic rings. The van der Waals surface area contributed by atoms with Gasteiger partial charge in [-0.2, -0.15) is 0 Å². The zero-order chi connectivity index (χ0) is 20.8. The van der Waals surface area contributed by atoms with Gasteiger partial charge in [0.2, 0.25) is 5.28 Å². The van der Waals surface area contributed by atoms with Gasteiger partial charge in [-0.15, -0.1) is 0 Å². The Labute approximate surface area is 184 Å². The maximum absolute atomic E-state index is 6.20. The maximum atomic E-state index is 6.20. The summed E-state index contributed by atoms with van der Waals surface area (Å²) in [4.78, 5) is 8.86. The summed E-state index contributed by atoms with van der Waals surface area (Å²) in [5.41, 5.74) is 5.13. The van der Waals surface area contributed by atoms with Crippen molar-refractivity contribution >= 4 is 44.0 Å². The van der Waals surface area contributed by atoms with E-state index in [-0.39, 0.29) is 5.28 Å². The summed E-state index contributed by atoms with van der Waals surface area (Å²) in [5.74, 6) is 0. The van der Waals surface area contributed by atoms with Crippen molar-refractivity contribution in [1.82, 2.24) is 9.97 Å². The Kier molecular flexibility index (Phi) is 4.19. The van der Waals surface area contributed by atoms with Gasteiger partial charge in [0.15, 0.2) is 0 Å². The lowest BCUT2D eigenvalue weighted by Crippen LogP contribution is -1.91. The van der Waals surface area contributed by atoms with Gasteiger partial charge in [-0.05, 0) is 56.4 Å². The molecule has 0 saturated heterocycles. The highest BCUT2D eigenvalue weighted by molar-refractivity contribution is 6.28. The predicted molar refractivity (Wildman–Crippen MR) is 130 cm³/mol. The lowest BCUT2D eigenvalue weighted by atomic mass is 9.92. The molecule has 31 heavy (non-hydrogen) atoms. The summed E-state index contributed by atoms with van der Waals surface area (Å²) in [6, 6.07) is 35.9. The van der Waals surface area contributed by atoms with Crippen LogP contribution in [0.25, 0.3) is 54.8 Å². The molecule has 146 valence electrons. The van der Waals surface area contributed by atoms with Crippen LogP contribution in [0.5, 0.6) is 0 Å². The van der Waals surface area contributed by atoms with Crippen molar-refractivity contribution in [1.29, 1.82) is 0 Å². The fraction of sp³-hybridized carbons (Fsp3) is 0. The van der Waals surface area contributed by atoms with Gasteiger partial charge >= 0.3 is 0 Å². The first-order valence-corrected chi connectivity index (χ1v) is 10.6. The quantitative estimate of drug-likeness (QED) is 0.211. The molecule has 0 aliphatic carbocycles. The van der Waals surface area contributed by atoms with Crippen molar-refractivity contribution in [2.45, 2.75) is 0 Å². The topological polar surface area (TPSA) is 25.8 Å². The molecule has 0 unspecified atom stereocenters. The van der Waals surface area contributed by atoms with E-state index in [1.165, 1.54) is 32.7 Å². The number of benzene rings is 5. The number of nitrogens with zero attached hydrogens (tertiary/aromatic N) is 2. The standard InChI is InChI=1S/C28H17ClN2/c29-28-30-26-12-6-5-11-24(26)27(31-28)19-15-13-18(14-16-19)25-17-20-7-1-2-8-21(20)22-9-3-4-10-23(22)25/h1-17H. The Morgan fingerprint density at radius 1 is 0.516 bits per heavy atom. The Morgan fingerprint density at radius 2 is 1.13 bits per heavy atom. The molecule has 0 atom stereocenters. The van der Waals surface area contributed by atoms with E-state index in [0.29, 0.717) is 0 Å². The smallest absolute Gasteiger partial charge is 0.218 e. The number of halogens is 1. The highest BCUT2D eigenvalue weighted by Crippen LogP contribution is 2.36. The summed E-state index contributed by atoms with van der Waals surface area (Å²) >= 11 is 6.20. The van der Waals surface area contributed by atoms with Gasteiger partial charge in [-0.3, -0.25) is 0 Å². The Balaban J connectivity index is 1.54. The van der Waals surface area contributed by atoms with Crippen LogP contribution in [0.3, 0.4) is 0 Å². The number of rotatable bonds is 2. The molecular weight excluding hydrogens is 400 g/mol. The predicted octanol–water partition coefficient (Wildman–Crippen LogP) is 7.92. The first kappa shape index (κ1) is 18.1. The van der Waals surface area contributed by atoms with Gasteiger partial charge in [0.05, 0.1) is 11.2 Å². The minimum absolute atomic E-state index is 0.262. The van der Waals surface area contributed by atoms with Crippen molar-refractivity contribution in [2.75, 3.05) is 0 Å². The molecule has 0 fully saturated rings. The normalized spacial score (nSPS) is 11.4. The van der Waals surface area contributed by atoms with E-state index in [2.05, 4.69) is 88.8 Å². The number of aromatic nitrogens is 2. The van der Waals surface area contributed by atoms with Gasteiger partial charge in [-0.1, -0.05) is 91.0 Å². The van der Waals surface area contributed by atoms with Crippen molar-refractivity contribution in [2.24, 2.45) is 0 Å². The van der Waals surface area contributed by atoms with Crippen LogP contribution in [0.4, 0.5) is 0 Å². The number of fused-ring (bicyclic) bond motifs is 4. The molecule has 2 nitrogen and oxygen atoms in total. The Hall–Kier alpha value is -3.75. The monoisotopic (exact) mass is 416 g/mol. The lowest BCUT2D eigenvalue weighted by molar-refractivity contribution is 1.22. The van der Waals surface area contributed by atoms with E-state index >= 15 is 0 Å². The second kappa shape index (κ2) is 7.19. The van der Waals surface area contributed by atoms with E-state index in [4.69, 9.17) is 11.6 Å². The number of hydrogen-bond donors (Lipinski definition) is 0. The third-order valence-corrected chi connectivity index (χ3v) is 5.98. The van der Waals surface area contributed by atoms with Crippen LogP contribution in [0.2, 0.25) is 5.28 Å². The number of para-hydroxylation sites is 1. The van der Waals surface area contributed by atoms with Gasteiger partial charge in [0.25, 0.3) is 0 Å². The highest BCUT2D eigenvalue weighted by Gasteiger charge is 2.11. The molecule has 0 aliphatic heterocycles. The zero-order valence-corrected chi connectivity index (χ0v) is 17.3. The molecule has 1 heterocycles. The van der Waals surface area contributed by atoms with Gasteiger partial charge in [0.1, 0.15) is 0 Å². The van der Waals surface area contributed by atoms with Crippen molar-refractivity contribution in [3.63, 3.8) is 0 Å². The summed E-state index contributed by atoms with van der Waals surface area (Å²) in [5, 5.41) is 6.31. The van der Waals surface area contributed by atoms with Crippen LogP contribution >= 0.6 is 11.6 Å². The molecular formula is C28H17ClN2. The molecule has 0 amide bonds. The average Bonchev–Trinajstić information content (AvgIpc) is 2.83. The fourth-order valence-electron chi connectivity index (χ4n) is 4.37. The van der Waals surface area contributed by atoms with E-state index in [9.17, 15) is 0 Å². The molecule has 0 spiro atoms. The zero-order valence-electron chi connectivity index (χ0n) is 16.6. The van der Waals surface area contributed by atoms with E-state index in [1.807, 2.05) is 24.3 Å². The lowest BCUT2D eigenvalue weighted by Gasteiger charge is -2.12. The summed E-state index contributed by atoms with van der Waals surface area (Å²) in [6.45, 7) is 0. The van der Waals surface area contributed by atoms with Crippen LogP contribution in [0.1, 0.15) is 0 Å². The third-order valence-electron chi connectivity index (χ3n) is 5.81. The SMILES string of the molecule is Clc1nc(-c2ccc(-c3cc4ccccc4c4ccccc34)cc2)c2ccccc2n1. The van der Waals surface area contributed by atoms with Crippen LogP contribution < -0.4 is 0 Å². The van der Waals surface area contributed by atoms with Crippen LogP contribution in [-0.2, 0) is 0 Å². The maximum Gasteiger partial charge on any atom is 0.223 e. The molecule has 0 saturated carbocycles. The number of hydrogen-bond acceptors (Lipinski definition) is 2. The highest BCUT2D eigenvalue weighted by atomic mass is 35.5. The van der Waals surface area contributed by atoms with Crippen LogP contribution in [0.15, 0.2) is 103 Å². The fourth-order valence-corrected chi connectivity index (χ4v) is 4.54. The first-order chi connectivity index (χ1) is 15.3. The molecule has 6 rings (SSSR count). The van der Waals surface area contributed by atoms with Crippen molar-refractivity contribution in [3.8, 4) is 22.4 Å². The second-order valence-corrected chi connectivity index (χ2v) is 7.96. The van der Waals surface area contributed by atoms with E-state index in [0.717, 1.165) is 22.2 Å². The van der Waals surface area contributed by atoms with E-state index < -0.39 is 0 Å². The Bertz CT molecular complexity index is 1590. The average molecular weight is 417 g/mol. The van der Waals surface area contributed by atoms with Crippen molar-refractivity contribution in [3.05, 3.63) is 108 Å². The minimum atomic E-state index is 0.262. The first-order valence-electron chi connectivity index (χ1n) is 10.2. The second-order valence-electron chi connectivity index (χ2n) is 7.63. The molecule has 5 aromatic carbocycles. The molecule has 0 bridgehead atoms. The summed E-state index contributed by atoms with van der Waals surface area (Å²) in [7, 11) is 0. The van der Waals surface area contributed by atoms with Crippen molar-refractivity contribution < 1.29 is 0 Å². The van der Waals surface area contributed by atoms with Gasteiger partial charge < -0.3 is 0 Å². The van der Waals surface area contributed by atoms with Gasteiger partial charge in [-0.25, -0.2) is 9.97 Å². The van der Waals surface area contributed by atoms with E-state index in [1.54, 1.807) is 0 Å². The molecule has 0 radical (unpaired) electrons. The molecule has 3 heteroatoms. The van der Waals surface area contributed by atoms with Crippen LogP contribution in [-0.4, -0.2) is 9.97 Å². The van der Waals surface area contributed by atoms with Gasteiger partial charge in [0, 0.05) is 10.9 Å². The summed E-state index contributed by atoms with van der Waals surface area (Å²) in [6.07, 6.45) is 0. The minimum Gasteiger partial charge on any atom is -0.218 e. The third kappa shape index (κ3) is 3.04. The molecule has 6 aromatic rings. The Morgan fingerprint density at radius 3 is 1.94 bits per heavy atom. The largest absolute Gasteiger partial charge is 0.223 e. The molecule has 1 aromatic heterocycles. The molecule has 0 N–H and O–H groups in total.